The van der Waals surface area contributed by atoms with Crippen molar-refractivity contribution in [2.45, 2.75) is 70.4 Å². The summed E-state index contributed by atoms with van der Waals surface area (Å²) < 4.78 is 5.66. The quantitative estimate of drug-likeness (QED) is 0.575. The lowest BCUT2D eigenvalue weighted by atomic mass is 9.75. The molecule has 0 aromatic rings. The monoisotopic (exact) mass is 350 g/mol. The van der Waals surface area contributed by atoms with Gasteiger partial charge in [0.15, 0.2) is 5.78 Å². The van der Waals surface area contributed by atoms with Crippen LogP contribution in [0.15, 0.2) is 11.6 Å². The van der Waals surface area contributed by atoms with Crippen molar-refractivity contribution in [3.8, 4) is 0 Å². The predicted octanol–water partition coefficient (Wildman–Crippen LogP) is 1.45. The Morgan fingerprint density at radius 3 is 2.52 bits per heavy atom. The zero-order valence-electron chi connectivity index (χ0n) is 15.5. The molecule has 4 aliphatic rings. The average Bonchev–Trinajstić information content (AvgIpc) is 3.39. The molecule has 2 saturated carbocycles. The highest BCUT2D eigenvalue weighted by molar-refractivity contribution is 6.02. The van der Waals surface area contributed by atoms with Gasteiger partial charge in [-0.2, -0.15) is 0 Å². The van der Waals surface area contributed by atoms with Crippen LogP contribution < -0.4 is 0 Å². The Labute approximate surface area is 149 Å². The number of ether oxygens (including phenoxy) is 1. The van der Waals surface area contributed by atoms with E-state index in [-0.39, 0.29) is 23.5 Å². The topological polar surface area (TPSA) is 90.3 Å². The maximum absolute atomic E-state index is 13.1. The molecule has 4 rings (SSSR count). The van der Waals surface area contributed by atoms with E-state index in [0.717, 1.165) is 6.42 Å². The number of Topliss-reactive ketones (excluding diaryl/α,β-unsaturated/α-hetero) is 1. The summed E-state index contributed by atoms with van der Waals surface area (Å²) in [4.78, 5) is 13.1. The molecule has 3 aliphatic carbocycles. The smallest absolute Gasteiger partial charge is 0.190 e. The minimum atomic E-state index is -1.73. The standard InChI is InChI=1S/C20H30O5/c1-10-7-13-12(18(13,3)4)5-6-19(9-25-19)17(23)14-15(21)11(2)8-20(14,24)16(10)22/h7,11-15,17,21,23-24H,5-6,8-9H2,1-4H3/t11-,12-,13+,14?,15-,17-,19+,20+/m0/s1. The van der Waals surface area contributed by atoms with E-state index in [1.54, 1.807) is 6.92 Å². The van der Waals surface area contributed by atoms with Crippen LogP contribution in [0.5, 0.6) is 0 Å². The van der Waals surface area contributed by atoms with Crippen molar-refractivity contribution in [2.24, 2.45) is 29.1 Å². The van der Waals surface area contributed by atoms with E-state index in [2.05, 4.69) is 13.8 Å². The van der Waals surface area contributed by atoms with Gasteiger partial charge in [-0.3, -0.25) is 4.79 Å². The molecule has 1 unspecified atom stereocenters. The summed E-state index contributed by atoms with van der Waals surface area (Å²) in [6, 6.07) is 0. The number of carbonyl (C=O) groups is 1. The van der Waals surface area contributed by atoms with Gasteiger partial charge in [0.25, 0.3) is 0 Å². The lowest BCUT2D eigenvalue weighted by Gasteiger charge is -2.36. The molecule has 0 aromatic carbocycles. The SMILES string of the molecule is CC1=C[C@@H]2[C@H](CC[C@@]3(CO3)[C@@H](O)C3[C@@H](O)[C@@H](C)C[C@]3(O)C1=O)C2(C)C. The van der Waals surface area contributed by atoms with Crippen molar-refractivity contribution in [2.75, 3.05) is 6.61 Å². The number of epoxide rings is 1. The first-order chi connectivity index (χ1) is 11.5. The molecule has 0 aromatic heterocycles. The lowest BCUT2D eigenvalue weighted by Crippen LogP contribution is -2.54. The van der Waals surface area contributed by atoms with Crippen LogP contribution in [0.25, 0.3) is 0 Å². The number of fused-ring (bicyclic) bond motifs is 2. The molecule has 0 bridgehead atoms. The first-order valence-electron chi connectivity index (χ1n) is 9.50. The highest BCUT2D eigenvalue weighted by Gasteiger charge is 2.66. The van der Waals surface area contributed by atoms with E-state index in [0.29, 0.717) is 30.4 Å². The average molecular weight is 350 g/mol. The molecule has 8 atom stereocenters. The second kappa shape index (κ2) is 5.16. The van der Waals surface area contributed by atoms with Crippen LogP contribution in [0.1, 0.15) is 47.0 Å². The van der Waals surface area contributed by atoms with E-state index in [1.165, 1.54) is 0 Å². The van der Waals surface area contributed by atoms with Crippen molar-refractivity contribution in [1.82, 2.24) is 0 Å². The summed E-state index contributed by atoms with van der Waals surface area (Å²) in [6.07, 6.45) is 1.86. The number of hydrogen-bond acceptors (Lipinski definition) is 5. The number of ketones is 1. The van der Waals surface area contributed by atoms with Gasteiger partial charge in [0.1, 0.15) is 11.2 Å². The van der Waals surface area contributed by atoms with Gasteiger partial charge < -0.3 is 20.1 Å². The Balaban J connectivity index is 1.78. The normalized spacial score (nSPS) is 54.4. The third kappa shape index (κ3) is 2.32. The largest absolute Gasteiger partial charge is 0.392 e. The van der Waals surface area contributed by atoms with Crippen LogP contribution in [-0.4, -0.2) is 51.1 Å². The third-order valence-electron chi connectivity index (χ3n) is 7.73. The minimum Gasteiger partial charge on any atom is -0.392 e. The Kier molecular flexibility index (Phi) is 3.64. The first kappa shape index (κ1) is 17.7. The van der Waals surface area contributed by atoms with E-state index in [1.807, 2.05) is 13.0 Å². The van der Waals surface area contributed by atoms with Crippen molar-refractivity contribution >= 4 is 5.78 Å². The number of aliphatic hydroxyl groups is 3. The molecule has 1 spiro atoms. The Morgan fingerprint density at radius 2 is 1.92 bits per heavy atom. The molecule has 25 heavy (non-hydrogen) atoms. The van der Waals surface area contributed by atoms with E-state index in [4.69, 9.17) is 4.74 Å². The minimum absolute atomic E-state index is 0.131. The van der Waals surface area contributed by atoms with Crippen LogP contribution in [-0.2, 0) is 9.53 Å². The molecule has 1 heterocycles. The van der Waals surface area contributed by atoms with Gasteiger partial charge in [0, 0.05) is 0 Å². The molecule has 1 saturated heterocycles. The maximum atomic E-state index is 13.1. The van der Waals surface area contributed by atoms with Crippen LogP contribution in [0, 0.1) is 29.1 Å². The number of rotatable bonds is 0. The molecule has 140 valence electrons. The van der Waals surface area contributed by atoms with Crippen LogP contribution in [0.2, 0.25) is 0 Å². The fraction of sp³-hybridized carbons (Fsp3) is 0.850. The first-order valence-corrected chi connectivity index (χ1v) is 9.50. The second-order valence-corrected chi connectivity index (χ2v) is 9.59. The molecule has 3 N–H and O–H groups in total. The Hall–Kier alpha value is -0.750. The zero-order valence-corrected chi connectivity index (χ0v) is 15.5. The van der Waals surface area contributed by atoms with E-state index >= 15 is 0 Å². The number of allylic oxidation sites excluding steroid dienone is 1. The Morgan fingerprint density at radius 1 is 1.28 bits per heavy atom. The van der Waals surface area contributed by atoms with Gasteiger partial charge in [0.05, 0.1) is 24.7 Å². The summed E-state index contributed by atoms with van der Waals surface area (Å²) in [6.45, 7) is 8.42. The maximum Gasteiger partial charge on any atom is 0.190 e. The zero-order chi connectivity index (χ0) is 18.4. The fourth-order valence-electron chi connectivity index (χ4n) is 5.71. The molecule has 3 fully saturated rings. The predicted molar refractivity (Wildman–Crippen MR) is 91.7 cm³/mol. The number of hydrogen-bond donors (Lipinski definition) is 3. The third-order valence-corrected chi connectivity index (χ3v) is 7.73. The molecule has 0 amide bonds. The second-order valence-electron chi connectivity index (χ2n) is 9.59. The lowest BCUT2D eigenvalue weighted by molar-refractivity contribution is -0.150. The van der Waals surface area contributed by atoms with Gasteiger partial charge in [-0.1, -0.05) is 26.8 Å². The summed E-state index contributed by atoms with van der Waals surface area (Å²) in [5, 5.41) is 33.0. The van der Waals surface area contributed by atoms with Crippen molar-refractivity contribution in [3.05, 3.63) is 11.6 Å². The van der Waals surface area contributed by atoms with E-state index in [9.17, 15) is 20.1 Å². The van der Waals surface area contributed by atoms with Crippen molar-refractivity contribution in [1.29, 1.82) is 0 Å². The highest BCUT2D eigenvalue weighted by Crippen LogP contribution is 2.63. The van der Waals surface area contributed by atoms with Gasteiger partial charge in [-0.25, -0.2) is 0 Å². The summed E-state index contributed by atoms with van der Waals surface area (Å²) in [5.74, 6) is -0.721. The van der Waals surface area contributed by atoms with Crippen LogP contribution in [0.3, 0.4) is 0 Å². The molecule has 5 nitrogen and oxygen atoms in total. The van der Waals surface area contributed by atoms with Gasteiger partial charge in [0.2, 0.25) is 0 Å². The Bertz CT molecular complexity index is 634. The molecule has 5 heteroatoms. The van der Waals surface area contributed by atoms with Crippen LogP contribution in [0.4, 0.5) is 0 Å². The van der Waals surface area contributed by atoms with Crippen molar-refractivity contribution in [3.63, 3.8) is 0 Å². The van der Waals surface area contributed by atoms with E-state index < -0.39 is 29.3 Å². The van der Waals surface area contributed by atoms with Gasteiger partial charge in [-0.05, 0) is 54.9 Å². The molecule has 0 radical (unpaired) electrons. The molecule has 1 aliphatic heterocycles. The van der Waals surface area contributed by atoms with Crippen molar-refractivity contribution < 1.29 is 24.9 Å². The van der Waals surface area contributed by atoms with Gasteiger partial charge >= 0.3 is 0 Å². The van der Waals surface area contributed by atoms with Gasteiger partial charge in [-0.15, -0.1) is 0 Å². The van der Waals surface area contributed by atoms with Crippen LogP contribution >= 0.6 is 0 Å². The molecular weight excluding hydrogens is 320 g/mol. The summed E-state index contributed by atoms with van der Waals surface area (Å²) >= 11 is 0. The highest BCUT2D eigenvalue weighted by atomic mass is 16.6. The summed E-state index contributed by atoms with van der Waals surface area (Å²) in [7, 11) is 0. The molecular formula is C20H30O5. The number of aliphatic hydroxyl groups excluding tert-OH is 2. The number of carbonyl (C=O) groups excluding carboxylic acids is 1. The fourth-order valence-corrected chi connectivity index (χ4v) is 5.71. The summed E-state index contributed by atoms with van der Waals surface area (Å²) in [5.41, 5.74) is -1.76.